The fourth-order valence-corrected chi connectivity index (χ4v) is 0.378. The molecule has 0 atom stereocenters. The second-order valence-corrected chi connectivity index (χ2v) is 1.60. The summed E-state index contributed by atoms with van der Waals surface area (Å²) in [6.07, 6.45) is 5.04. The molecule has 0 aliphatic heterocycles. The summed E-state index contributed by atoms with van der Waals surface area (Å²) >= 11 is 0. The molecule has 0 heterocycles. The summed E-state index contributed by atoms with van der Waals surface area (Å²) in [5, 5.41) is 0. The van der Waals surface area contributed by atoms with Crippen molar-refractivity contribution in [2.75, 3.05) is 0 Å². The number of hydrogen-bond acceptors (Lipinski definition) is 0. The van der Waals surface area contributed by atoms with Gasteiger partial charge in [0.15, 0.2) is 0 Å². The Hall–Kier alpha value is -0.590. The van der Waals surface area contributed by atoms with Crippen molar-refractivity contribution in [1.29, 1.82) is 0 Å². The Balaban J connectivity index is 3.16. The normalized spacial score (nSPS) is 10.2. The van der Waals surface area contributed by atoms with Crippen LogP contribution in [0.25, 0.3) is 0 Å². The minimum Gasteiger partial charge on any atom is -0.212 e. The van der Waals surface area contributed by atoms with Gasteiger partial charge in [-0.05, 0) is 6.42 Å². The lowest BCUT2D eigenvalue weighted by molar-refractivity contribution is 0.622. The molecule has 0 aromatic rings. The van der Waals surface area contributed by atoms with Crippen LogP contribution in [0.5, 0.6) is 0 Å². The van der Waals surface area contributed by atoms with Crippen molar-refractivity contribution in [3.8, 4) is 0 Å². The van der Waals surface area contributed by atoms with Crippen LogP contribution < -0.4 is 0 Å². The average Bonchev–Trinajstić information content (AvgIpc) is 1.66. The molecule has 0 aromatic carbocycles. The van der Waals surface area contributed by atoms with E-state index in [0.717, 1.165) is 6.42 Å². The smallest absolute Gasteiger partial charge is 0.0965 e. The van der Waals surface area contributed by atoms with Crippen LogP contribution in [-0.4, -0.2) is 0 Å². The molecule has 0 nitrogen and oxygen atoms in total. The van der Waals surface area contributed by atoms with Crippen molar-refractivity contribution in [3.63, 3.8) is 0 Å². The maximum atomic E-state index is 11.8. The zero-order chi connectivity index (χ0) is 6.41. The molecule has 0 amide bonds. The van der Waals surface area contributed by atoms with Crippen molar-refractivity contribution >= 4 is 0 Å². The lowest BCUT2D eigenvalue weighted by atomic mass is 10.3. The average molecular weight is 114 g/mol. The molecule has 0 aliphatic carbocycles. The predicted octanol–water partition coefficient (Wildman–Crippen LogP) is 2.83. The standard InChI is InChI=1S/C7H11F/c1-3-4-5-6-7(2)8/h4-5H,2-3,6H2,1H3/b5-4-. The first kappa shape index (κ1) is 7.41. The number of allylic oxidation sites excluding steroid dienone is 3. The van der Waals surface area contributed by atoms with Crippen LogP contribution in [0, 0.1) is 0 Å². The predicted molar refractivity (Wildman–Crippen MR) is 34.3 cm³/mol. The van der Waals surface area contributed by atoms with E-state index in [1.165, 1.54) is 0 Å². The molecular weight excluding hydrogens is 103 g/mol. The molecule has 8 heavy (non-hydrogen) atoms. The van der Waals surface area contributed by atoms with Crippen LogP contribution in [-0.2, 0) is 0 Å². The van der Waals surface area contributed by atoms with E-state index in [9.17, 15) is 4.39 Å². The van der Waals surface area contributed by atoms with E-state index >= 15 is 0 Å². The summed E-state index contributed by atoms with van der Waals surface area (Å²) in [4.78, 5) is 0. The van der Waals surface area contributed by atoms with Gasteiger partial charge >= 0.3 is 0 Å². The van der Waals surface area contributed by atoms with E-state index in [-0.39, 0.29) is 5.83 Å². The second kappa shape index (κ2) is 4.57. The second-order valence-electron chi connectivity index (χ2n) is 1.60. The first-order valence-corrected chi connectivity index (χ1v) is 2.75. The minimum atomic E-state index is -0.269. The summed E-state index contributed by atoms with van der Waals surface area (Å²) in [6.45, 7) is 5.12. The molecule has 0 spiro atoms. The fourth-order valence-electron chi connectivity index (χ4n) is 0.378. The number of hydrogen-bond donors (Lipinski definition) is 0. The highest BCUT2D eigenvalue weighted by atomic mass is 19.1. The molecule has 0 saturated heterocycles. The summed E-state index contributed by atoms with van der Waals surface area (Å²) in [5.41, 5.74) is 0. The van der Waals surface area contributed by atoms with E-state index < -0.39 is 0 Å². The van der Waals surface area contributed by atoms with Gasteiger partial charge in [-0.2, -0.15) is 0 Å². The molecule has 0 unspecified atom stereocenters. The first-order chi connectivity index (χ1) is 3.77. The lowest BCUT2D eigenvalue weighted by Gasteiger charge is -1.82. The fraction of sp³-hybridized carbons (Fsp3) is 0.429. The minimum absolute atomic E-state index is 0.269. The topological polar surface area (TPSA) is 0 Å². The van der Waals surface area contributed by atoms with Crippen molar-refractivity contribution in [1.82, 2.24) is 0 Å². The van der Waals surface area contributed by atoms with Crippen LogP contribution >= 0.6 is 0 Å². The summed E-state index contributed by atoms with van der Waals surface area (Å²) in [5.74, 6) is -0.269. The Kier molecular flexibility index (Phi) is 4.23. The van der Waals surface area contributed by atoms with Crippen LogP contribution in [0.15, 0.2) is 24.6 Å². The Bertz CT molecular complexity index is 92.6. The summed E-state index contributed by atoms with van der Waals surface area (Å²) in [6, 6.07) is 0. The quantitative estimate of drug-likeness (QED) is 0.495. The van der Waals surface area contributed by atoms with E-state index in [2.05, 4.69) is 6.58 Å². The highest BCUT2D eigenvalue weighted by Gasteiger charge is 1.80. The molecular formula is C7H11F. The van der Waals surface area contributed by atoms with E-state index in [1.807, 2.05) is 13.0 Å². The molecule has 0 rings (SSSR count). The molecule has 0 fully saturated rings. The third kappa shape index (κ3) is 5.41. The molecule has 0 radical (unpaired) electrons. The molecule has 1 heteroatoms. The van der Waals surface area contributed by atoms with Crippen LogP contribution in [0.4, 0.5) is 4.39 Å². The first-order valence-electron chi connectivity index (χ1n) is 2.75. The highest BCUT2D eigenvalue weighted by Crippen LogP contribution is 1.98. The molecule has 0 saturated carbocycles. The van der Waals surface area contributed by atoms with Gasteiger partial charge in [0.1, 0.15) is 0 Å². The summed E-state index contributed by atoms with van der Waals surface area (Å²) < 4.78 is 11.8. The van der Waals surface area contributed by atoms with Crippen molar-refractivity contribution in [3.05, 3.63) is 24.6 Å². The maximum Gasteiger partial charge on any atom is 0.0965 e. The Morgan fingerprint density at radius 2 is 2.25 bits per heavy atom. The summed E-state index contributed by atoms with van der Waals surface area (Å²) in [7, 11) is 0. The molecule has 0 aliphatic rings. The zero-order valence-corrected chi connectivity index (χ0v) is 5.15. The van der Waals surface area contributed by atoms with E-state index in [0.29, 0.717) is 6.42 Å². The van der Waals surface area contributed by atoms with Crippen LogP contribution in [0.3, 0.4) is 0 Å². The zero-order valence-electron chi connectivity index (χ0n) is 5.15. The van der Waals surface area contributed by atoms with Gasteiger partial charge in [0.05, 0.1) is 5.83 Å². The van der Waals surface area contributed by atoms with Crippen molar-refractivity contribution < 1.29 is 4.39 Å². The Morgan fingerprint density at radius 3 is 2.62 bits per heavy atom. The number of halogens is 1. The molecule has 46 valence electrons. The van der Waals surface area contributed by atoms with Gasteiger partial charge in [0.2, 0.25) is 0 Å². The van der Waals surface area contributed by atoms with Gasteiger partial charge in [0, 0.05) is 6.42 Å². The third-order valence-electron chi connectivity index (χ3n) is 0.742. The lowest BCUT2D eigenvalue weighted by Crippen LogP contribution is -1.63. The number of rotatable bonds is 3. The van der Waals surface area contributed by atoms with Gasteiger partial charge in [-0.3, -0.25) is 0 Å². The Labute approximate surface area is 49.7 Å². The molecule has 0 N–H and O–H groups in total. The SMILES string of the molecule is C=C(F)C/C=C\CC. The third-order valence-corrected chi connectivity index (χ3v) is 0.742. The van der Waals surface area contributed by atoms with Gasteiger partial charge < -0.3 is 0 Å². The molecule has 0 bridgehead atoms. The Morgan fingerprint density at radius 1 is 1.62 bits per heavy atom. The van der Waals surface area contributed by atoms with Crippen LogP contribution in [0.1, 0.15) is 19.8 Å². The monoisotopic (exact) mass is 114 g/mol. The van der Waals surface area contributed by atoms with Gasteiger partial charge in [-0.25, -0.2) is 4.39 Å². The highest BCUT2D eigenvalue weighted by molar-refractivity contribution is 4.93. The maximum absolute atomic E-state index is 11.8. The van der Waals surface area contributed by atoms with E-state index in [4.69, 9.17) is 0 Å². The van der Waals surface area contributed by atoms with Gasteiger partial charge in [-0.15, -0.1) is 0 Å². The van der Waals surface area contributed by atoms with Crippen molar-refractivity contribution in [2.45, 2.75) is 19.8 Å². The van der Waals surface area contributed by atoms with Gasteiger partial charge in [0.25, 0.3) is 0 Å². The molecule has 0 aromatic heterocycles. The largest absolute Gasteiger partial charge is 0.212 e. The van der Waals surface area contributed by atoms with Crippen LogP contribution in [0.2, 0.25) is 0 Å². The van der Waals surface area contributed by atoms with Crippen molar-refractivity contribution in [2.24, 2.45) is 0 Å². The van der Waals surface area contributed by atoms with Gasteiger partial charge in [-0.1, -0.05) is 25.7 Å². The van der Waals surface area contributed by atoms with E-state index in [1.54, 1.807) is 6.08 Å².